The van der Waals surface area contributed by atoms with Gasteiger partial charge in [0.05, 0.1) is 0 Å². The van der Waals surface area contributed by atoms with Crippen molar-refractivity contribution in [1.29, 1.82) is 0 Å². The van der Waals surface area contributed by atoms with Crippen LogP contribution in [0.1, 0.15) is 31.0 Å². The van der Waals surface area contributed by atoms with Gasteiger partial charge in [0.2, 0.25) is 0 Å². The van der Waals surface area contributed by atoms with E-state index in [0.717, 1.165) is 18.7 Å². The first-order valence-corrected chi connectivity index (χ1v) is 6.18. The molecule has 0 radical (unpaired) electrons. The first kappa shape index (κ1) is 10.7. The fourth-order valence-corrected chi connectivity index (χ4v) is 2.26. The van der Waals surface area contributed by atoms with Crippen molar-refractivity contribution in [3.8, 4) is 0 Å². The molecule has 0 spiro atoms. The standard InChI is InChI=1S/C12H17ClN2/c1-2-10(8-13)14-12-7-6-9-4-3-5-11(9)15-12/h6-7,10H,2-5,8H2,1H3,(H,14,15). The minimum atomic E-state index is 0.332. The second kappa shape index (κ2) is 4.84. The molecule has 2 nitrogen and oxygen atoms in total. The Kier molecular flexibility index (Phi) is 3.47. The van der Waals surface area contributed by atoms with Gasteiger partial charge in [-0.15, -0.1) is 11.6 Å². The van der Waals surface area contributed by atoms with Crippen LogP contribution in [0.5, 0.6) is 0 Å². The summed E-state index contributed by atoms with van der Waals surface area (Å²) in [5, 5.41) is 3.36. The van der Waals surface area contributed by atoms with E-state index in [0.29, 0.717) is 11.9 Å². The van der Waals surface area contributed by atoms with Crippen LogP contribution in [-0.4, -0.2) is 16.9 Å². The zero-order chi connectivity index (χ0) is 10.7. The molecule has 15 heavy (non-hydrogen) atoms. The fraction of sp³-hybridized carbons (Fsp3) is 0.583. The highest BCUT2D eigenvalue weighted by molar-refractivity contribution is 6.18. The lowest BCUT2D eigenvalue weighted by Gasteiger charge is -2.15. The quantitative estimate of drug-likeness (QED) is 0.796. The zero-order valence-electron chi connectivity index (χ0n) is 9.09. The summed E-state index contributed by atoms with van der Waals surface area (Å²) < 4.78 is 0. The third-order valence-electron chi connectivity index (χ3n) is 2.96. The predicted octanol–water partition coefficient (Wildman–Crippen LogP) is 3.00. The van der Waals surface area contributed by atoms with E-state index in [9.17, 15) is 0 Å². The van der Waals surface area contributed by atoms with Gasteiger partial charge in [-0.2, -0.15) is 0 Å². The van der Waals surface area contributed by atoms with Crippen LogP contribution in [0.15, 0.2) is 12.1 Å². The monoisotopic (exact) mass is 224 g/mol. The van der Waals surface area contributed by atoms with Crippen molar-refractivity contribution in [2.45, 2.75) is 38.6 Å². The Hall–Kier alpha value is -0.760. The summed E-state index contributed by atoms with van der Waals surface area (Å²) in [7, 11) is 0. The van der Waals surface area contributed by atoms with Gasteiger partial charge in [-0.05, 0) is 37.3 Å². The normalized spacial score (nSPS) is 16.1. The maximum absolute atomic E-state index is 5.84. The Morgan fingerprint density at radius 3 is 3.07 bits per heavy atom. The van der Waals surface area contributed by atoms with Gasteiger partial charge in [0, 0.05) is 17.6 Å². The number of pyridine rings is 1. The number of fused-ring (bicyclic) bond motifs is 1. The van der Waals surface area contributed by atoms with Gasteiger partial charge >= 0.3 is 0 Å². The van der Waals surface area contributed by atoms with E-state index in [1.807, 2.05) is 0 Å². The van der Waals surface area contributed by atoms with Crippen LogP contribution < -0.4 is 5.32 Å². The highest BCUT2D eigenvalue weighted by Gasteiger charge is 2.13. The van der Waals surface area contributed by atoms with Crippen molar-refractivity contribution in [3.63, 3.8) is 0 Å². The van der Waals surface area contributed by atoms with Gasteiger partial charge in [0.15, 0.2) is 0 Å². The van der Waals surface area contributed by atoms with E-state index in [1.165, 1.54) is 24.1 Å². The second-order valence-corrected chi connectivity index (χ2v) is 4.37. The van der Waals surface area contributed by atoms with Crippen LogP contribution in [0.25, 0.3) is 0 Å². The molecule has 3 heteroatoms. The Bertz CT molecular complexity index is 334. The Labute approximate surface area is 96.1 Å². The number of aryl methyl sites for hydroxylation is 2. The third-order valence-corrected chi connectivity index (χ3v) is 3.33. The van der Waals surface area contributed by atoms with Gasteiger partial charge in [0.25, 0.3) is 0 Å². The molecule has 0 amide bonds. The van der Waals surface area contributed by atoms with Gasteiger partial charge in [-0.3, -0.25) is 0 Å². The molecule has 0 saturated carbocycles. The molecule has 0 fully saturated rings. The topological polar surface area (TPSA) is 24.9 Å². The van der Waals surface area contributed by atoms with Crippen LogP contribution in [0.4, 0.5) is 5.82 Å². The van der Waals surface area contributed by atoms with E-state index in [2.05, 4.69) is 29.4 Å². The highest BCUT2D eigenvalue weighted by atomic mass is 35.5. The number of aromatic nitrogens is 1. The van der Waals surface area contributed by atoms with Crippen LogP contribution in [-0.2, 0) is 12.8 Å². The maximum Gasteiger partial charge on any atom is 0.126 e. The predicted molar refractivity (Wildman–Crippen MR) is 64.7 cm³/mol. The number of anilines is 1. The van der Waals surface area contributed by atoms with Crippen LogP contribution >= 0.6 is 11.6 Å². The second-order valence-electron chi connectivity index (χ2n) is 4.06. The largest absolute Gasteiger partial charge is 0.366 e. The van der Waals surface area contributed by atoms with Crippen molar-refractivity contribution in [3.05, 3.63) is 23.4 Å². The lowest BCUT2D eigenvalue weighted by atomic mass is 10.2. The minimum Gasteiger partial charge on any atom is -0.366 e. The summed E-state index contributed by atoms with van der Waals surface area (Å²) in [6.45, 7) is 2.13. The van der Waals surface area contributed by atoms with Crippen molar-refractivity contribution in [1.82, 2.24) is 4.98 Å². The third kappa shape index (κ3) is 2.43. The van der Waals surface area contributed by atoms with Gasteiger partial charge in [-0.25, -0.2) is 4.98 Å². The Morgan fingerprint density at radius 2 is 2.33 bits per heavy atom. The number of nitrogens with one attached hydrogen (secondary N) is 1. The summed E-state index contributed by atoms with van der Waals surface area (Å²) >= 11 is 5.84. The molecule has 82 valence electrons. The first-order chi connectivity index (χ1) is 7.33. The number of hydrogen-bond acceptors (Lipinski definition) is 2. The van der Waals surface area contributed by atoms with E-state index >= 15 is 0 Å². The maximum atomic E-state index is 5.84. The molecule has 1 heterocycles. The fourth-order valence-electron chi connectivity index (χ4n) is 1.96. The summed E-state index contributed by atoms with van der Waals surface area (Å²) in [5.74, 6) is 1.61. The SMILES string of the molecule is CCC(CCl)Nc1ccc2c(n1)CCC2. The molecule has 0 aromatic carbocycles. The van der Waals surface area contributed by atoms with Crippen molar-refractivity contribution in [2.24, 2.45) is 0 Å². The van der Waals surface area contributed by atoms with E-state index < -0.39 is 0 Å². The summed E-state index contributed by atoms with van der Waals surface area (Å²) in [4.78, 5) is 4.62. The Balaban J connectivity index is 2.09. The molecule has 1 aromatic heterocycles. The first-order valence-electron chi connectivity index (χ1n) is 5.64. The van der Waals surface area contributed by atoms with Gasteiger partial charge in [-0.1, -0.05) is 13.0 Å². The number of alkyl halides is 1. The lowest BCUT2D eigenvalue weighted by molar-refractivity contribution is 0.764. The number of nitrogens with zero attached hydrogens (tertiary/aromatic N) is 1. The molecule has 1 N–H and O–H groups in total. The lowest BCUT2D eigenvalue weighted by Crippen LogP contribution is -2.20. The smallest absolute Gasteiger partial charge is 0.126 e. The molecule has 1 aliphatic carbocycles. The number of hydrogen-bond donors (Lipinski definition) is 1. The van der Waals surface area contributed by atoms with E-state index in [-0.39, 0.29) is 0 Å². The molecule has 2 rings (SSSR count). The van der Waals surface area contributed by atoms with Crippen molar-refractivity contribution < 1.29 is 0 Å². The molecular weight excluding hydrogens is 208 g/mol. The summed E-state index contributed by atoms with van der Waals surface area (Å²) in [6.07, 6.45) is 4.60. The van der Waals surface area contributed by atoms with Gasteiger partial charge in [0.1, 0.15) is 5.82 Å². The highest BCUT2D eigenvalue weighted by Crippen LogP contribution is 2.22. The van der Waals surface area contributed by atoms with E-state index in [4.69, 9.17) is 11.6 Å². The Morgan fingerprint density at radius 1 is 1.47 bits per heavy atom. The zero-order valence-corrected chi connectivity index (χ0v) is 9.85. The van der Waals surface area contributed by atoms with Crippen LogP contribution in [0.3, 0.4) is 0 Å². The summed E-state index contributed by atoms with van der Waals surface area (Å²) in [5.41, 5.74) is 2.68. The molecule has 0 bridgehead atoms. The molecule has 1 aliphatic rings. The van der Waals surface area contributed by atoms with Crippen LogP contribution in [0.2, 0.25) is 0 Å². The van der Waals surface area contributed by atoms with Crippen molar-refractivity contribution >= 4 is 17.4 Å². The molecule has 0 saturated heterocycles. The number of halogens is 1. The molecular formula is C12H17ClN2. The average Bonchev–Trinajstić information content (AvgIpc) is 2.73. The average molecular weight is 225 g/mol. The van der Waals surface area contributed by atoms with Crippen molar-refractivity contribution in [2.75, 3.05) is 11.2 Å². The molecule has 1 unspecified atom stereocenters. The number of rotatable bonds is 4. The van der Waals surface area contributed by atoms with Crippen LogP contribution in [0, 0.1) is 0 Å². The molecule has 0 aliphatic heterocycles. The minimum absolute atomic E-state index is 0.332. The van der Waals surface area contributed by atoms with Gasteiger partial charge < -0.3 is 5.32 Å². The molecule has 1 atom stereocenters. The van der Waals surface area contributed by atoms with E-state index in [1.54, 1.807) is 0 Å². The summed E-state index contributed by atoms with van der Waals surface area (Å²) in [6, 6.07) is 4.59. The molecule has 1 aromatic rings.